The van der Waals surface area contributed by atoms with Gasteiger partial charge >= 0.3 is 0 Å². The summed E-state index contributed by atoms with van der Waals surface area (Å²) in [6, 6.07) is 10.6. The number of fused-ring (bicyclic) bond motifs is 1. The van der Waals surface area contributed by atoms with Gasteiger partial charge in [-0.25, -0.2) is 0 Å². The lowest BCUT2D eigenvalue weighted by Crippen LogP contribution is -2.34. The van der Waals surface area contributed by atoms with Crippen molar-refractivity contribution >= 4 is 0 Å². The van der Waals surface area contributed by atoms with E-state index in [1.807, 2.05) is 12.1 Å². The summed E-state index contributed by atoms with van der Waals surface area (Å²) in [6.07, 6.45) is 22.0. The molecule has 1 aromatic rings. The number of hydrogen-bond acceptors (Lipinski definition) is 1. The van der Waals surface area contributed by atoms with Crippen LogP contribution in [-0.4, -0.2) is 0 Å². The fraction of sp³-hybridized carbons (Fsp3) is 0.679. The standard InChI is InChI=1S/C28H39N/c1-2-3-4-5-21-6-11-28-19-27(17-16-26(28)18-21)25-14-12-24(13-15-25)23-9-7-22(20-29)8-10-23/h2-3,7-10,21,24-28H,4-6,11-19H2,1H3/b3-2+. The first-order chi connectivity index (χ1) is 14.3. The Hall–Kier alpha value is -1.55. The summed E-state index contributed by atoms with van der Waals surface area (Å²) in [6.45, 7) is 2.15. The van der Waals surface area contributed by atoms with Gasteiger partial charge in [-0.05, 0) is 131 Å². The molecule has 3 aliphatic rings. The van der Waals surface area contributed by atoms with Crippen molar-refractivity contribution in [1.29, 1.82) is 5.26 Å². The average Bonchev–Trinajstić information content (AvgIpc) is 2.79. The molecule has 0 saturated heterocycles. The molecular formula is C28H39N. The predicted octanol–water partition coefficient (Wildman–Crippen LogP) is 8.02. The van der Waals surface area contributed by atoms with Gasteiger partial charge in [-0.15, -0.1) is 0 Å². The minimum Gasteiger partial charge on any atom is -0.192 e. The SMILES string of the molecule is C/C=C/CCC1CCC2CC(C3CCC(c4ccc(C#N)cc4)CC3)CCC2C1. The Bertz CT molecular complexity index is 701. The summed E-state index contributed by atoms with van der Waals surface area (Å²) >= 11 is 0. The van der Waals surface area contributed by atoms with Crippen LogP contribution in [0.1, 0.15) is 101 Å². The van der Waals surface area contributed by atoms with Crippen LogP contribution in [0.5, 0.6) is 0 Å². The quantitative estimate of drug-likeness (QED) is 0.468. The number of hydrogen-bond donors (Lipinski definition) is 0. The predicted molar refractivity (Wildman–Crippen MR) is 122 cm³/mol. The van der Waals surface area contributed by atoms with Crippen molar-refractivity contribution in [1.82, 2.24) is 0 Å². The first-order valence-electron chi connectivity index (χ1n) is 12.4. The van der Waals surface area contributed by atoms with E-state index >= 15 is 0 Å². The molecule has 4 atom stereocenters. The Kier molecular flexibility index (Phi) is 7.12. The highest BCUT2D eigenvalue weighted by Crippen LogP contribution is 2.50. The molecule has 0 aliphatic heterocycles. The molecule has 1 heteroatoms. The van der Waals surface area contributed by atoms with Crippen LogP contribution in [0.4, 0.5) is 0 Å². The van der Waals surface area contributed by atoms with Crippen LogP contribution in [0.2, 0.25) is 0 Å². The van der Waals surface area contributed by atoms with E-state index in [9.17, 15) is 0 Å². The third-order valence-corrected chi connectivity index (χ3v) is 8.69. The molecule has 156 valence electrons. The zero-order valence-corrected chi connectivity index (χ0v) is 18.4. The highest BCUT2D eigenvalue weighted by Gasteiger charge is 2.38. The van der Waals surface area contributed by atoms with Crippen molar-refractivity contribution in [3.05, 3.63) is 47.5 Å². The van der Waals surface area contributed by atoms with Crippen LogP contribution < -0.4 is 0 Å². The Balaban J connectivity index is 1.24. The molecule has 3 fully saturated rings. The minimum atomic E-state index is 0.725. The van der Waals surface area contributed by atoms with Gasteiger partial charge in [0.1, 0.15) is 0 Å². The third kappa shape index (κ3) is 5.14. The second-order valence-electron chi connectivity index (χ2n) is 10.3. The smallest absolute Gasteiger partial charge is 0.0991 e. The van der Waals surface area contributed by atoms with E-state index < -0.39 is 0 Å². The summed E-state index contributed by atoms with van der Waals surface area (Å²) in [4.78, 5) is 0. The summed E-state index contributed by atoms with van der Waals surface area (Å²) < 4.78 is 0. The van der Waals surface area contributed by atoms with Crippen molar-refractivity contribution in [2.24, 2.45) is 29.6 Å². The molecule has 0 bridgehead atoms. The topological polar surface area (TPSA) is 23.8 Å². The summed E-state index contributed by atoms with van der Waals surface area (Å²) in [7, 11) is 0. The zero-order chi connectivity index (χ0) is 20.1. The Morgan fingerprint density at radius 3 is 2.14 bits per heavy atom. The van der Waals surface area contributed by atoms with Crippen LogP contribution in [0.25, 0.3) is 0 Å². The van der Waals surface area contributed by atoms with E-state index in [4.69, 9.17) is 5.26 Å². The number of nitriles is 1. The van der Waals surface area contributed by atoms with Crippen molar-refractivity contribution in [2.75, 3.05) is 0 Å². The Labute approximate surface area is 178 Å². The van der Waals surface area contributed by atoms with Crippen molar-refractivity contribution in [3.8, 4) is 6.07 Å². The van der Waals surface area contributed by atoms with E-state index in [1.165, 1.54) is 76.2 Å². The first kappa shape index (κ1) is 20.7. The summed E-state index contributed by atoms with van der Waals surface area (Å²) in [5.74, 6) is 5.82. The molecule has 0 spiro atoms. The molecule has 0 heterocycles. The lowest BCUT2D eigenvalue weighted by atomic mass is 9.60. The second-order valence-corrected chi connectivity index (χ2v) is 10.3. The number of benzene rings is 1. The number of rotatable bonds is 5. The summed E-state index contributed by atoms with van der Waals surface area (Å²) in [5.41, 5.74) is 2.25. The van der Waals surface area contributed by atoms with E-state index in [0.29, 0.717) is 0 Å². The third-order valence-electron chi connectivity index (χ3n) is 8.69. The highest BCUT2D eigenvalue weighted by atomic mass is 14.4. The lowest BCUT2D eigenvalue weighted by Gasteiger charge is -2.45. The summed E-state index contributed by atoms with van der Waals surface area (Å²) in [5, 5.41) is 9.01. The molecular weight excluding hydrogens is 350 g/mol. The van der Waals surface area contributed by atoms with E-state index in [2.05, 4.69) is 37.3 Å². The second kappa shape index (κ2) is 9.97. The molecule has 3 aliphatic carbocycles. The Morgan fingerprint density at radius 2 is 1.45 bits per heavy atom. The van der Waals surface area contributed by atoms with E-state index in [1.54, 1.807) is 6.42 Å². The largest absolute Gasteiger partial charge is 0.192 e. The van der Waals surface area contributed by atoms with Gasteiger partial charge in [0.25, 0.3) is 0 Å². The van der Waals surface area contributed by atoms with Crippen LogP contribution in [0.3, 0.4) is 0 Å². The van der Waals surface area contributed by atoms with Crippen LogP contribution in [0, 0.1) is 40.9 Å². The highest BCUT2D eigenvalue weighted by molar-refractivity contribution is 5.33. The molecule has 3 saturated carbocycles. The Morgan fingerprint density at radius 1 is 0.828 bits per heavy atom. The fourth-order valence-corrected chi connectivity index (χ4v) is 6.97. The fourth-order valence-electron chi connectivity index (χ4n) is 6.97. The van der Waals surface area contributed by atoms with Gasteiger partial charge in [-0.1, -0.05) is 30.7 Å². The van der Waals surface area contributed by atoms with Gasteiger partial charge in [0.2, 0.25) is 0 Å². The zero-order valence-electron chi connectivity index (χ0n) is 18.4. The molecule has 4 rings (SSSR count). The molecule has 4 unspecified atom stereocenters. The maximum absolute atomic E-state index is 9.01. The van der Waals surface area contributed by atoms with Crippen LogP contribution in [-0.2, 0) is 0 Å². The van der Waals surface area contributed by atoms with Gasteiger partial charge in [0.05, 0.1) is 11.6 Å². The van der Waals surface area contributed by atoms with Crippen molar-refractivity contribution in [3.63, 3.8) is 0 Å². The van der Waals surface area contributed by atoms with Gasteiger partial charge in [0.15, 0.2) is 0 Å². The monoisotopic (exact) mass is 389 g/mol. The molecule has 0 aromatic heterocycles. The number of allylic oxidation sites excluding steroid dienone is 2. The maximum atomic E-state index is 9.01. The maximum Gasteiger partial charge on any atom is 0.0991 e. The molecule has 0 N–H and O–H groups in total. The lowest BCUT2D eigenvalue weighted by molar-refractivity contribution is 0.0621. The average molecular weight is 390 g/mol. The molecule has 1 aromatic carbocycles. The van der Waals surface area contributed by atoms with E-state index in [-0.39, 0.29) is 0 Å². The van der Waals surface area contributed by atoms with Gasteiger partial charge in [0, 0.05) is 0 Å². The van der Waals surface area contributed by atoms with Crippen molar-refractivity contribution < 1.29 is 0 Å². The molecule has 29 heavy (non-hydrogen) atoms. The van der Waals surface area contributed by atoms with Crippen molar-refractivity contribution in [2.45, 2.75) is 89.9 Å². The van der Waals surface area contributed by atoms with Gasteiger partial charge in [-0.2, -0.15) is 5.26 Å². The molecule has 1 nitrogen and oxygen atoms in total. The van der Waals surface area contributed by atoms with Crippen LogP contribution in [0.15, 0.2) is 36.4 Å². The van der Waals surface area contributed by atoms with Crippen LogP contribution >= 0.6 is 0 Å². The van der Waals surface area contributed by atoms with Gasteiger partial charge in [-0.3, -0.25) is 0 Å². The first-order valence-corrected chi connectivity index (χ1v) is 12.4. The minimum absolute atomic E-state index is 0.725. The van der Waals surface area contributed by atoms with Gasteiger partial charge < -0.3 is 0 Å². The number of nitrogens with zero attached hydrogens (tertiary/aromatic N) is 1. The molecule has 0 amide bonds. The van der Waals surface area contributed by atoms with E-state index in [0.717, 1.165) is 41.1 Å². The molecule has 0 radical (unpaired) electrons. The normalized spacial score (nSPS) is 35.2.